The van der Waals surface area contributed by atoms with Gasteiger partial charge in [-0.3, -0.25) is 4.79 Å². The zero-order valence-electron chi connectivity index (χ0n) is 8.11. The van der Waals surface area contributed by atoms with Crippen LogP contribution >= 0.6 is 0 Å². The Bertz CT molecular complexity index is 749. The minimum absolute atomic E-state index is 0.214. The molecular weight excluding hydrogens is 209 g/mol. The fraction of sp³-hybridized carbons (Fsp3) is 0. The lowest BCUT2D eigenvalue weighted by molar-refractivity contribution is 0.623. The van der Waals surface area contributed by atoms with E-state index in [4.69, 9.17) is 4.42 Å². The Morgan fingerprint density at radius 1 is 1.19 bits per heavy atom. The molecule has 3 nitrogen and oxygen atoms in total. The summed E-state index contributed by atoms with van der Waals surface area (Å²) in [4.78, 5) is 15.9. The first-order valence-corrected chi connectivity index (χ1v) is 4.73. The van der Waals surface area contributed by atoms with E-state index in [-0.39, 0.29) is 16.3 Å². The van der Waals surface area contributed by atoms with E-state index in [9.17, 15) is 9.18 Å². The van der Waals surface area contributed by atoms with E-state index in [2.05, 4.69) is 4.98 Å². The van der Waals surface area contributed by atoms with Gasteiger partial charge in [0.25, 0.3) is 0 Å². The number of benzene rings is 1. The molecule has 0 unspecified atom stereocenters. The van der Waals surface area contributed by atoms with Crippen LogP contribution in [0, 0.1) is 5.82 Å². The molecule has 16 heavy (non-hydrogen) atoms. The van der Waals surface area contributed by atoms with Gasteiger partial charge in [-0.1, -0.05) is 0 Å². The Morgan fingerprint density at radius 3 is 2.94 bits per heavy atom. The molecule has 1 aromatic carbocycles. The highest BCUT2D eigenvalue weighted by Crippen LogP contribution is 2.17. The summed E-state index contributed by atoms with van der Waals surface area (Å²) in [7, 11) is 0. The van der Waals surface area contributed by atoms with Crippen LogP contribution < -0.4 is 5.43 Å². The van der Waals surface area contributed by atoms with Gasteiger partial charge in [0.15, 0.2) is 11.1 Å². The summed E-state index contributed by atoms with van der Waals surface area (Å²) in [6.45, 7) is 0. The first-order chi connectivity index (χ1) is 7.75. The first-order valence-electron chi connectivity index (χ1n) is 4.73. The topological polar surface area (TPSA) is 43.1 Å². The second-order valence-corrected chi connectivity index (χ2v) is 3.42. The van der Waals surface area contributed by atoms with Crippen molar-refractivity contribution < 1.29 is 8.81 Å². The van der Waals surface area contributed by atoms with Gasteiger partial charge in [0.1, 0.15) is 11.4 Å². The van der Waals surface area contributed by atoms with Gasteiger partial charge in [0, 0.05) is 6.20 Å². The van der Waals surface area contributed by atoms with Gasteiger partial charge in [0.05, 0.1) is 5.39 Å². The van der Waals surface area contributed by atoms with E-state index in [0.29, 0.717) is 11.2 Å². The Kier molecular flexibility index (Phi) is 1.77. The van der Waals surface area contributed by atoms with Crippen molar-refractivity contribution in [2.45, 2.75) is 0 Å². The van der Waals surface area contributed by atoms with Crippen LogP contribution in [0.4, 0.5) is 4.39 Å². The van der Waals surface area contributed by atoms with Crippen LogP contribution in [0.15, 0.2) is 45.7 Å². The summed E-state index contributed by atoms with van der Waals surface area (Å²) in [6, 6.07) is 7.20. The highest BCUT2D eigenvalue weighted by atomic mass is 19.1. The molecule has 0 bridgehead atoms. The minimum atomic E-state index is -0.463. The van der Waals surface area contributed by atoms with Crippen LogP contribution in [0.3, 0.4) is 0 Å². The van der Waals surface area contributed by atoms with Gasteiger partial charge in [0.2, 0.25) is 5.43 Å². The van der Waals surface area contributed by atoms with E-state index in [1.165, 1.54) is 18.3 Å². The number of aromatic nitrogens is 1. The van der Waals surface area contributed by atoms with Crippen molar-refractivity contribution in [3.8, 4) is 0 Å². The minimum Gasteiger partial charge on any atom is -0.454 e. The highest BCUT2D eigenvalue weighted by Gasteiger charge is 2.08. The van der Waals surface area contributed by atoms with Crippen LogP contribution in [-0.2, 0) is 0 Å². The first kappa shape index (κ1) is 9.03. The van der Waals surface area contributed by atoms with Crippen molar-refractivity contribution in [3.05, 3.63) is 52.6 Å². The average molecular weight is 215 g/mol. The van der Waals surface area contributed by atoms with Gasteiger partial charge >= 0.3 is 0 Å². The van der Waals surface area contributed by atoms with Crippen molar-refractivity contribution in [2.24, 2.45) is 0 Å². The molecule has 4 heteroatoms. The second kappa shape index (κ2) is 3.13. The number of halogens is 1. The van der Waals surface area contributed by atoms with E-state index in [1.807, 2.05) is 0 Å². The maximum absolute atomic E-state index is 13.0. The molecule has 0 fully saturated rings. The number of nitrogens with zero attached hydrogens (tertiary/aromatic N) is 1. The third kappa shape index (κ3) is 1.20. The van der Waals surface area contributed by atoms with E-state index >= 15 is 0 Å². The van der Waals surface area contributed by atoms with Crippen molar-refractivity contribution in [3.63, 3.8) is 0 Å². The molecule has 0 radical (unpaired) electrons. The van der Waals surface area contributed by atoms with Crippen molar-refractivity contribution in [2.75, 3.05) is 0 Å². The second-order valence-electron chi connectivity index (χ2n) is 3.42. The molecule has 0 saturated heterocycles. The molecule has 2 heterocycles. The summed E-state index contributed by atoms with van der Waals surface area (Å²) in [5.74, 6) is -0.463. The maximum atomic E-state index is 13.0. The number of hydrogen-bond acceptors (Lipinski definition) is 3. The zero-order chi connectivity index (χ0) is 11.1. The summed E-state index contributed by atoms with van der Waals surface area (Å²) < 4.78 is 18.5. The van der Waals surface area contributed by atoms with Gasteiger partial charge in [-0.05, 0) is 30.3 Å². The largest absolute Gasteiger partial charge is 0.454 e. The number of hydrogen-bond donors (Lipinski definition) is 0. The van der Waals surface area contributed by atoms with Gasteiger partial charge in [-0.25, -0.2) is 9.37 Å². The normalized spacial score (nSPS) is 11.1. The molecule has 3 rings (SSSR count). The third-order valence-electron chi connectivity index (χ3n) is 2.39. The van der Waals surface area contributed by atoms with E-state index < -0.39 is 5.82 Å². The van der Waals surface area contributed by atoms with Gasteiger partial charge in [-0.2, -0.15) is 0 Å². The Labute approximate surface area is 89.1 Å². The van der Waals surface area contributed by atoms with Crippen LogP contribution in [0.2, 0.25) is 0 Å². The molecule has 0 atom stereocenters. The van der Waals surface area contributed by atoms with Crippen molar-refractivity contribution in [1.82, 2.24) is 4.98 Å². The zero-order valence-corrected chi connectivity index (χ0v) is 8.11. The molecule has 0 saturated carbocycles. The molecule has 3 aromatic rings. The predicted molar refractivity (Wildman–Crippen MR) is 57.7 cm³/mol. The summed E-state index contributed by atoms with van der Waals surface area (Å²) in [5, 5.41) is 0.214. The lowest BCUT2D eigenvalue weighted by Gasteiger charge is -1.99. The fourth-order valence-electron chi connectivity index (χ4n) is 1.66. The molecular formula is C12H6FNO2. The van der Waals surface area contributed by atoms with E-state index in [0.717, 1.165) is 6.07 Å². The Balaban J connectivity index is 2.61. The smallest absolute Gasteiger partial charge is 0.219 e. The summed E-state index contributed by atoms with van der Waals surface area (Å²) in [5.41, 5.74) is 0.690. The van der Waals surface area contributed by atoms with Crippen molar-refractivity contribution >= 4 is 22.1 Å². The fourth-order valence-corrected chi connectivity index (χ4v) is 1.66. The molecule has 0 spiro atoms. The van der Waals surface area contributed by atoms with E-state index in [1.54, 1.807) is 12.1 Å². The highest BCUT2D eigenvalue weighted by molar-refractivity contribution is 5.87. The van der Waals surface area contributed by atoms with Crippen molar-refractivity contribution in [1.29, 1.82) is 0 Å². The Morgan fingerprint density at radius 2 is 2.06 bits per heavy atom. The quantitative estimate of drug-likeness (QED) is 0.541. The molecule has 2 aromatic heterocycles. The summed E-state index contributed by atoms with van der Waals surface area (Å²) >= 11 is 0. The molecule has 0 N–H and O–H groups in total. The molecule has 78 valence electrons. The van der Waals surface area contributed by atoms with Crippen LogP contribution in [-0.4, -0.2) is 4.98 Å². The number of fused-ring (bicyclic) bond motifs is 2. The predicted octanol–water partition coefficient (Wildman–Crippen LogP) is 2.48. The summed E-state index contributed by atoms with van der Waals surface area (Å²) in [6.07, 6.45) is 1.50. The SMILES string of the molecule is O=c1c2cc(F)ccc2oc2cccnc12. The van der Waals surface area contributed by atoms with Crippen LogP contribution in [0.1, 0.15) is 0 Å². The maximum Gasteiger partial charge on any atom is 0.219 e. The lowest BCUT2D eigenvalue weighted by atomic mass is 10.2. The third-order valence-corrected chi connectivity index (χ3v) is 2.39. The molecule has 0 aliphatic rings. The Hall–Kier alpha value is -2.23. The number of pyridine rings is 1. The molecule has 0 aliphatic heterocycles. The average Bonchev–Trinajstić information content (AvgIpc) is 2.31. The monoisotopic (exact) mass is 215 g/mol. The van der Waals surface area contributed by atoms with Gasteiger partial charge in [-0.15, -0.1) is 0 Å². The van der Waals surface area contributed by atoms with Crippen LogP contribution in [0.5, 0.6) is 0 Å². The molecule has 0 amide bonds. The number of rotatable bonds is 0. The standard InChI is InChI=1S/C12H6FNO2/c13-7-3-4-9-8(6-7)12(15)11-10(16-9)2-1-5-14-11/h1-6H. The molecule has 0 aliphatic carbocycles. The van der Waals surface area contributed by atoms with Crippen LogP contribution in [0.25, 0.3) is 22.1 Å². The lowest BCUT2D eigenvalue weighted by Crippen LogP contribution is -2.03. The van der Waals surface area contributed by atoms with Gasteiger partial charge < -0.3 is 4.42 Å².